The third-order valence-corrected chi connectivity index (χ3v) is 4.71. The van der Waals surface area contributed by atoms with E-state index in [1.165, 1.54) is 0 Å². The third kappa shape index (κ3) is 4.43. The summed E-state index contributed by atoms with van der Waals surface area (Å²) >= 11 is 0. The number of imidazole rings is 1. The van der Waals surface area contributed by atoms with Crippen LogP contribution in [0.5, 0.6) is 11.5 Å². The Hall–Kier alpha value is -3.80. The van der Waals surface area contributed by atoms with E-state index in [-0.39, 0.29) is 5.91 Å². The lowest BCUT2D eigenvalue weighted by Gasteiger charge is -2.09. The number of fused-ring (bicyclic) bond motifs is 1. The molecule has 0 unspecified atom stereocenters. The molecule has 6 nitrogen and oxygen atoms in total. The molecule has 152 valence electrons. The van der Waals surface area contributed by atoms with Gasteiger partial charge in [0.1, 0.15) is 28.7 Å². The second-order valence-electron chi connectivity index (χ2n) is 6.78. The summed E-state index contributed by atoms with van der Waals surface area (Å²) in [5.74, 6) is 2.14. The number of rotatable bonds is 8. The number of amides is 1. The van der Waals surface area contributed by atoms with Gasteiger partial charge in [-0.2, -0.15) is 0 Å². The molecule has 30 heavy (non-hydrogen) atoms. The first kappa shape index (κ1) is 19.5. The maximum atomic E-state index is 12.6. The van der Waals surface area contributed by atoms with E-state index in [2.05, 4.69) is 5.32 Å². The van der Waals surface area contributed by atoms with Crippen LogP contribution in [0.3, 0.4) is 0 Å². The molecule has 0 aliphatic heterocycles. The smallest absolute Gasteiger partial charge is 0.225 e. The van der Waals surface area contributed by atoms with Gasteiger partial charge in [0.05, 0.1) is 13.7 Å². The van der Waals surface area contributed by atoms with Crippen LogP contribution in [0.1, 0.15) is 12.8 Å². The van der Waals surface area contributed by atoms with Gasteiger partial charge in [-0.25, -0.2) is 4.98 Å². The van der Waals surface area contributed by atoms with E-state index in [9.17, 15) is 4.79 Å². The van der Waals surface area contributed by atoms with Crippen LogP contribution < -0.4 is 14.8 Å². The maximum absolute atomic E-state index is 12.6. The van der Waals surface area contributed by atoms with Gasteiger partial charge in [-0.1, -0.05) is 36.4 Å². The number of hydrogen-bond acceptors (Lipinski definition) is 4. The Balaban J connectivity index is 1.40. The molecule has 2 aromatic heterocycles. The molecule has 0 radical (unpaired) electrons. The Labute approximate surface area is 175 Å². The zero-order chi connectivity index (χ0) is 20.8. The standard InChI is InChI=1S/C24H23N3O3/c1-29-19-12-14-20(15-13-19)30-17-7-11-22(28)26-24-23(18-8-3-2-4-9-18)25-21-10-5-6-16-27(21)24/h2-6,8-10,12-16H,7,11,17H2,1H3,(H,26,28). The van der Waals surface area contributed by atoms with Crippen molar-refractivity contribution in [3.63, 3.8) is 0 Å². The van der Waals surface area contributed by atoms with Crippen LogP contribution in [-0.4, -0.2) is 29.0 Å². The van der Waals surface area contributed by atoms with Gasteiger partial charge in [0, 0.05) is 18.2 Å². The number of aromatic nitrogens is 2. The number of carbonyl (C=O) groups is 1. The van der Waals surface area contributed by atoms with Gasteiger partial charge in [0.2, 0.25) is 5.91 Å². The van der Waals surface area contributed by atoms with Gasteiger partial charge in [-0.15, -0.1) is 0 Å². The Bertz CT molecular complexity index is 1120. The zero-order valence-corrected chi connectivity index (χ0v) is 16.7. The van der Waals surface area contributed by atoms with Crippen molar-refractivity contribution in [2.24, 2.45) is 0 Å². The summed E-state index contributed by atoms with van der Waals surface area (Å²) in [6, 6.07) is 23.0. The monoisotopic (exact) mass is 401 g/mol. The molecule has 0 bridgehead atoms. The second kappa shape index (κ2) is 9.13. The van der Waals surface area contributed by atoms with Crippen LogP contribution in [0.4, 0.5) is 5.82 Å². The highest BCUT2D eigenvalue weighted by Gasteiger charge is 2.16. The minimum absolute atomic E-state index is 0.0730. The van der Waals surface area contributed by atoms with E-state index < -0.39 is 0 Å². The number of benzene rings is 2. The minimum Gasteiger partial charge on any atom is -0.497 e. The largest absolute Gasteiger partial charge is 0.497 e. The topological polar surface area (TPSA) is 64.9 Å². The number of hydrogen-bond donors (Lipinski definition) is 1. The average Bonchev–Trinajstić information content (AvgIpc) is 3.16. The summed E-state index contributed by atoms with van der Waals surface area (Å²) in [6.07, 6.45) is 2.86. The number of nitrogens with one attached hydrogen (secondary N) is 1. The van der Waals surface area contributed by atoms with Crippen LogP contribution >= 0.6 is 0 Å². The van der Waals surface area contributed by atoms with E-state index >= 15 is 0 Å². The first-order valence-corrected chi connectivity index (χ1v) is 9.84. The summed E-state index contributed by atoms with van der Waals surface area (Å²) in [6.45, 7) is 0.457. The average molecular weight is 401 g/mol. The van der Waals surface area contributed by atoms with E-state index in [0.29, 0.717) is 25.3 Å². The Morgan fingerprint density at radius 3 is 2.47 bits per heavy atom. The minimum atomic E-state index is -0.0730. The molecule has 4 rings (SSSR count). The van der Waals surface area contributed by atoms with Gasteiger partial charge in [0.15, 0.2) is 0 Å². The Morgan fingerprint density at radius 1 is 0.967 bits per heavy atom. The molecular formula is C24H23N3O3. The first-order valence-electron chi connectivity index (χ1n) is 9.84. The highest BCUT2D eigenvalue weighted by atomic mass is 16.5. The van der Waals surface area contributed by atoms with Gasteiger partial charge in [-0.3, -0.25) is 9.20 Å². The lowest BCUT2D eigenvalue weighted by Crippen LogP contribution is -2.14. The molecule has 1 N–H and O–H groups in total. The van der Waals surface area contributed by atoms with E-state index in [0.717, 1.165) is 28.4 Å². The lowest BCUT2D eigenvalue weighted by atomic mass is 10.1. The number of methoxy groups -OCH3 is 1. The molecular weight excluding hydrogens is 378 g/mol. The summed E-state index contributed by atoms with van der Waals surface area (Å²) in [7, 11) is 1.63. The summed E-state index contributed by atoms with van der Waals surface area (Å²) < 4.78 is 12.7. The van der Waals surface area contributed by atoms with Crippen molar-refractivity contribution in [2.45, 2.75) is 12.8 Å². The molecule has 0 spiro atoms. The number of pyridine rings is 1. The normalized spacial score (nSPS) is 10.7. The molecule has 2 heterocycles. The van der Waals surface area contributed by atoms with Crippen molar-refractivity contribution >= 4 is 17.4 Å². The number of nitrogens with zero attached hydrogens (tertiary/aromatic N) is 2. The molecule has 2 aromatic carbocycles. The summed E-state index contributed by atoms with van der Waals surface area (Å²) in [5.41, 5.74) is 2.50. The SMILES string of the molecule is COc1ccc(OCCCC(=O)Nc2c(-c3ccccc3)nc3ccccn23)cc1. The molecule has 0 fully saturated rings. The summed E-state index contributed by atoms with van der Waals surface area (Å²) in [5, 5.41) is 3.04. The van der Waals surface area contributed by atoms with Crippen molar-refractivity contribution in [2.75, 3.05) is 19.0 Å². The maximum Gasteiger partial charge on any atom is 0.225 e. The first-order chi connectivity index (χ1) is 14.7. The third-order valence-electron chi connectivity index (χ3n) is 4.71. The molecule has 0 saturated heterocycles. The molecule has 4 aromatic rings. The molecule has 0 atom stereocenters. The van der Waals surface area contributed by atoms with Crippen LogP contribution in [-0.2, 0) is 4.79 Å². The van der Waals surface area contributed by atoms with Crippen molar-refractivity contribution < 1.29 is 14.3 Å². The van der Waals surface area contributed by atoms with Crippen molar-refractivity contribution in [1.29, 1.82) is 0 Å². The van der Waals surface area contributed by atoms with Gasteiger partial charge in [-0.05, 0) is 42.8 Å². The number of carbonyl (C=O) groups excluding carboxylic acids is 1. The van der Waals surface area contributed by atoms with Crippen LogP contribution in [0.15, 0.2) is 79.0 Å². The predicted molar refractivity (Wildman–Crippen MR) is 117 cm³/mol. The quantitative estimate of drug-likeness (QED) is 0.431. The molecule has 0 saturated carbocycles. The fourth-order valence-corrected chi connectivity index (χ4v) is 3.20. The van der Waals surface area contributed by atoms with Crippen molar-refractivity contribution in [3.8, 4) is 22.8 Å². The Kier molecular flexibility index (Phi) is 5.94. The lowest BCUT2D eigenvalue weighted by molar-refractivity contribution is -0.116. The van der Waals surface area contributed by atoms with E-state index in [1.807, 2.05) is 83.4 Å². The van der Waals surface area contributed by atoms with Crippen molar-refractivity contribution in [1.82, 2.24) is 9.38 Å². The molecule has 0 aliphatic rings. The summed E-state index contributed by atoms with van der Waals surface area (Å²) in [4.78, 5) is 17.3. The second-order valence-corrected chi connectivity index (χ2v) is 6.78. The molecule has 0 aliphatic carbocycles. The highest BCUT2D eigenvalue weighted by molar-refractivity contribution is 5.94. The van der Waals surface area contributed by atoms with E-state index in [4.69, 9.17) is 14.5 Å². The predicted octanol–water partition coefficient (Wildman–Crippen LogP) is 4.81. The number of ether oxygens (including phenoxy) is 2. The molecule has 6 heteroatoms. The number of anilines is 1. The Morgan fingerprint density at radius 2 is 1.70 bits per heavy atom. The van der Waals surface area contributed by atoms with Crippen molar-refractivity contribution in [3.05, 3.63) is 79.0 Å². The highest BCUT2D eigenvalue weighted by Crippen LogP contribution is 2.28. The van der Waals surface area contributed by atoms with Gasteiger partial charge < -0.3 is 14.8 Å². The van der Waals surface area contributed by atoms with E-state index in [1.54, 1.807) is 7.11 Å². The van der Waals surface area contributed by atoms with Crippen LogP contribution in [0, 0.1) is 0 Å². The fourth-order valence-electron chi connectivity index (χ4n) is 3.20. The van der Waals surface area contributed by atoms with Gasteiger partial charge >= 0.3 is 0 Å². The fraction of sp³-hybridized carbons (Fsp3) is 0.167. The van der Waals surface area contributed by atoms with Crippen LogP contribution in [0.25, 0.3) is 16.9 Å². The van der Waals surface area contributed by atoms with Crippen LogP contribution in [0.2, 0.25) is 0 Å². The zero-order valence-electron chi connectivity index (χ0n) is 16.7. The van der Waals surface area contributed by atoms with Gasteiger partial charge in [0.25, 0.3) is 0 Å². The molecule has 1 amide bonds.